The maximum absolute atomic E-state index is 9.71. The van der Waals surface area contributed by atoms with Crippen LogP contribution < -0.4 is 10.2 Å². The van der Waals surface area contributed by atoms with Crippen molar-refractivity contribution in [2.24, 2.45) is 0 Å². The molecular formula is C31H29N9. The van der Waals surface area contributed by atoms with Gasteiger partial charge in [-0.15, -0.1) is 6.42 Å². The Kier molecular flexibility index (Phi) is 6.51. The number of piperazine rings is 1. The van der Waals surface area contributed by atoms with Gasteiger partial charge in [-0.25, -0.2) is 14.5 Å². The van der Waals surface area contributed by atoms with Crippen LogP contribution in [-0.2, 0) is 0 Å². The molecule has 0 spiro atoms. The fourth-order valence-electron chi connectivity index (χ4n) is 6.05. The van der Waals surface area contributed by atoms with Crippen LogP contribution in [0.5, 0.6) is 0 Å². The summed E-state index contributed by atoms with van der Waals surface area (Å²) < 4.78 is 1.70. The van der Waals surface area contributed by atoms with Gasteiger partial charge in [0.15, 0.2) is 0 Å². The molecule has 3 atom stereocenters. The quantitative estimate of drug-likeness (QED) is 0.277. The molecule has 3 aliphatic rings. The Labute approximate surface area is 233 Å². The first kappa shape index (κ1) is 25.3. The van der Waals surface area contributed by atoms with Gasteiger partial charge in [-0.05, 0) is 43.7 Å². The largest absolute Gasteiger partial charge is 0.393 e. The number of allylic oxidation sites excluding steroid dienone is 1. The fraction of sp³-hybridized carbons (Fsp3) is 0.258. The molecule has 4 aromatic heterocycles. The van der Waals surface area contributed by atoms with E-state index in [1.807, 2.05) is 30.6 Å². The van der Waals surface area contributed by atoms with Crippen LogP contribution >= 0.6 is 0 Å². The molecule has 7 rings (SSSR count). The van der Waals surface area contributed by atoms with Gasteiger partial charge in [-0.3, -0.25) is 4.90 Å². The third-order valence-electron chi connectivity index (χ3n) is 7.95. The first-order valence-electron chi connectivity index (χ1n) is 13.3. The number of hydrogen-bond donors (Lipinski definition) is 2. The molecular weight excluding hydrogens is 498 g/mol. The summed E-state index contributed by atoms with van der Waals surface area (Å²) in [6, 6.07) is 15.3. The average molecular weight is 528 g/mol. The van der Waals surface area contributed by atoms with E-state index in [4.69, 9.17) is 16.8 Å². The van der Waals surface area contributed by atoms with Gasteiger partial charge in [0, 0.05) is 85.3 Å². The summed E-state index contributed by atoms with van der Waals surface area (Å²) in [4.78, 5) is 14.4. The molecule has 40 heavy (non-hydrogen) atoms. The number of hydrogen-bond acceptors (Lipinski definition) is 8. The van der Waals surface area contributed by atoms with E-state index in [-0.39, 0.29) is 6.04 Å². The van der Waals surface area contributed by atoms with E-state index in [1.165, 1.54) is 12.6 Å². The zero-order valence-corrected chi connectivity index (χ0v) is 22.4. The van der Waals surface area contributed by atoms with Crippen molar-refractivity contribution >= 4 is 23.1 Å². The van der Waals surface area contributed by atoms with Crippen molar-refractivity contribution in [3.63, 3.8) is 0 Å². The normalized spacial score (nSPS) is 19.4. The van der Waals surface area contributed by atoms with E-state index < -0.39 is 0 Å². The Morgan fingerprint density at radius 3 is 2.73 bits per heavy atom. The molecule has 3 fully saturated rings. The third-order valence-corrected chi connectivity index (χ3v) is 7.95. The highest BCUT2D eigenvalue weighted by atomic mass is 15.4. The third kappa shape index (κ3) is 4.27. The second-order valence-corrected chi connectivity index (χ2v) is 10.2. The van der Waals surface area contributed by atoms with Gasteiger partial charge in [0.2, 0.25) is 0 Å². The van der Waals surface area contributed by atoms with Crippen LogP contribution in [0.1, 0.15) is 41.9 Å². The van der Waals surface area contributed by atoms with Crippen molar-refractivity contribution in [3.05, 3.63) is 83.7 Å². The molecule has 0 saturated carbocycles. The number of terminal acetylenes is 1. The molecule has 3 aliphatic heterocycles. The van der Waals surface area contributed by atoms with Crippen LogP contribution in [0.4, 0.5) is 5.82 Å². The van der Waals surface area contributed by atoms with E-state index in [9.17, 15) is 5.26 Å². The topological polar surface area (TPSA) is 109 Å². The Morgan fingerprint density at radius 1 is 1.23 bits per heavy atom. The molecule has 0 radical (unpaired) electrons. The molecule has 2 N–H and O–H groups in total. The second-order valence-electron chi connectivity index (χ2n) is 10.2. The lowest BCUT2D eigenvalue weighted by Gasteiger charge is -2.58. The zero-order valence-electron chi connectivity index (χ0n) is 22.4. The number of rotatable bonds is 7. The van der Waals surface area contributed by atoms with Crippen molar-refractivity contribution in [1.82, 2.24) is 29.8 Å². The Hall–Kier alpha value is -4.99. The number of piperidine rings is 1. The van der Waals surface area contributed by atoms with Crippen LogP contribution in [0.15, 0.2) is 61.2 Å². The number of pyridine rings is 3. The van der Waals surface area contributed by atoms with Crippen LogP contribution in [0.3, 0.4) is 0 Å². The van der Waals surface area contributed by atoms with Gasteiger partial charge >= 0.3 is 0 Å². The van der Waals surface area contributed by atoms with Crippen LogP contribution in [0.25, 0.3) is 22.2 Å². The van der Waals surface area contributed by atoms with Crippen molar-refractivity contribution in [2.45, 2.75) is 31.5 Å². The number of nitriles is 1. The fourth-order valence-corrected chi connectivity index (χ4v) is 6.05. The summed E-state index contributed by atoms with van der Waals surface area (Å²) in [5.74, 6) is 3.58. The van der Waals surface area contributed by atoms with Gasteiger partial charge < -0.3 is 15.6 Å². The Bertz CT molecular complexity index is 1690. The van der Waals surface area contributed by atoms with Gasteiger partial charge in [-0.1, -0.05) is 12.0 Å². The molecule has 0 aliphatic carbocycles. The first-order chi connectivity index (χ1) is 19.5. The molecule has 7 heterocycles. The molecule has 4 aromatic rings. The Morgan fingerprint density at radius 2 is 2.05 bits per heavy atom. The molecule has 2 bridgehead atoms. The highest BCUT2D eigenvalue weighted by Gasteiger charge is 2.47. The summed E-state index contributed by atoms with van der Waals surface area (Å²) >= 11 is 0. The predicted molar refractivity (Wildman–Crippen MR) is 156 cm³/mol. The summed E-state index contributed by atoms with van der Waals surface area (Å²) in [7, 11) is 1.80. The number of fused-ring (bicyclic) bond motifs is 3. The highest BCUT2D eigenvalue weighted by molar-refractivity contribution is 6.08. The molecule has 3 unspecified atom stereocenters. The van der Waals surface area contributed by atoms with E-state index in [1.54, 1.807) is 24.0 Å². The van der Waals surface area contributed by atoms with Gasteiger partial charge in [0.05, 0.1) is 23.0 Å². The van der Waals surface area contributed by atoms with Crippen molar-refractivity contribution in [3.8, 4) is 29.5 Å². The average Bonchev–Trinajstić information content (AvgIpc) is 3.42. The van der Waals surface area contributed by atoms with E-state index in [0.29, 0.717) is 28.9 Å². The van der Waals surface area contributed by atoms with Gasteiger partial charge in [0.1, 0.15) is 17.6 Å². The lowest BCUT2D eigenvalue weighted by Crippen LogP contribution is -2.69. The SMILES string of the molecule is C#Cc1cccc(C(C)N2C3CC2CN(c2ccc(-c4cc(/C(C=N)=C/NC)cn5ncc(C#N)c45)cn2)C3)n1. The summed E-state index contributed by atoms with van der Waals surface area (Å²) in [5.41, 5.74) is 6.16. The monoisotopic (exact) mass is 527 g/mol. The standard InChI is InChI=1S/C31H29N9/c1-4-25-6-5-7-29(37-25)20(2)40-26-11-27(40)19-38(18-26)30-9-8-21(15-35-30)28-10-22(23(12-32)14-34-3)17-39-31(28)24(13-33)16-36-39/h1,5-10,12,14-17,20,26-27,32,34H,11,18-19H2,2-3H3/b23-14+,32-12?. The maximum atomic E-state index is 9.71. The zero-order chi connectivity index (χ0) is 27.8. The maximum Gasteiger partial charge on any atom is 0.128 e. The van der Waals surface area contributed by atoms with Crippen LogP contribution in [-0.4, -0.2) is 62.9 Å². The summed E-state index contributed by atoms with van der Waals surface area (Å²) in [5, 5.41) is 24.9. The van der Waals surface area contributed by atoms with Gasteiger partial charge in [0.25, 0.3) is 0 Å². The minimum Gasteiger partial charge on any atom is -0.393 e. The highest BCUT2D eigenvalue weighted by Crippen LogP contribution is 2.40. The summed E-state index contributed by atoms with van der Waals surface area (Å²) in [6.45, 7) is 4.02. The van der Waals surface area contributed by atoms with Crippen LogP contribution in [0, 0.1) is 29.1 Å². The minimum atomic E-state index is 0.206. The number of nitrogens with zero attached hydrogens (tertiary/aromatic N) is 7. The molecule has 0 amide bonds. The molecule has 3 saturated heterocycles. The van der Waals surface area contributed by atoms with E-state index in [0.717, 1.165) is 46.8 Å². The van der Waals surface area contributed by atoms with E-state index in [2.05, 4.69) is 62.3 Å². The minimum absolute atomic E-state index is 0.206. The molecule has 9 nitrogen and oxygen atoms in total. The molecule has 9 heteroatoms. The summed E-state index contributed by atoms with van der Waals surface area (Å²) in [6.07, 6.45) is 15.1. The number of anilines is 1. The smallest absolute Gasteiger partial charge is 0.128 e. The van der Waals surface area contributed by atoms with Crippen LogP contribution in [0.2, 0.25) is 0 Å². The second kappa shape index (κ2) is 10.3. The van der Waals surface area contributed by atoms with Gasteiger partial charge in [-0.2, -0.15) is 10.4 Å². The van der Waals surface area contributed by atoms with E-state index >= 15 is 0 Å². The van der Waals surface area contributed by atoms with Crippen molar-refractivity contribution < 1.29 is 0 Å². The number of nitrogens with one attached hydrogen (secondary N) is 2. The number of aromatic nitrogens is 4. The molecule has 0 aromatic carbocycles. The molecule has 198 valence electrons. The Balaban J connectivity index is 1.25. The van der Waals surface area contributed by atoms with Crippen molar-refractivity contribution in [2.75, 3.05) is 25.0 Å². The van der Waals surface area contributed by atoms with Crippen molar-refractivity contribution in [1.29, 1.82) is 10.7 Å². The predicted octanol–water partition coefficient (Wildman–Crippen LogP) is 3.88. The first-order valence-corrected chi connectivity index (χ1v) is 13.3. The lowest BCUT2D eigenvalue weighted by molar-refractivity contribution is -0.0356. The lowest BCUT2D eigenvalue weighted by atomic mass is 9.85.